The second-order valence-electron chi connectivity index (χ2n) is 3.85. The second kappa shape index (κ2) is 5.63. The van der Waals surface area contributed by atoms with Crippen molar-refractivity contribution in [1.29, 1.82) is 0 Å². The highest BCUT2D eigenvalue weighted by molar-refractivity contribution is 9.10. The van der Waals surface area contributed by atoms with E-state index in [1.54, 1.807) is 18.2 Å². The summed E-state index contributed by atoms with van der Waals surface area (Å²) < 4.78 is 14.3. The molecule has 0 spiro atoms. The predicted molar refractivity (Wildman–Crippen MR) is 73.6 cm³/mol. The largest absolute Gasteiger partial charge is 0.294 e. The normalized spacial score (nSPS) is 10.4. The summed E-state index contributed by atoms with van der Waals surface area (Å²) in [7, 11) is 0. The van der Waals surface area contributed by atoms with Crippen LogP contribution in [0.4, 0.5) is 4.39 Å². The first-order chi connectivity index (χ1) is 8.56. The van der Waals surface area contributed by atoms with Crippen LogP contribution in [0.2, 0.25) is 5.02 Å². The third-order valence-electron chi connectivity index (χ3n) is 2.51. The van der Waals surface area contributed by atoms with Gasteiger partial charge in [0.25, 0.3) is 0 Å². The van der Waals surface area contributed by atoms with Gasteiger partial charge in [-0.25, -0.2) is 4.39 Å². The van der Waals surface area contributed by atoms with E-state index in [0.717, 1.165) is 4.47 Å². The summed E-state index contributed by atoms with van der Waals surface area (Å²) in [6, 6.07) is 11.2. The molecule has 0 aliphatic rings. The molecule has 0 saturated carbocycles. The number of halogens is 3. The summed E-state index contributed by atoms with van der Waals surface area (Å²) >= 11 is 9.08. The first kappa shape index (κ1) is 13.2. The van der Waals surface area contributed by atoms with Crippen molar-refractivity contribution in [2.75, 3.05) is 0 Å². The minimum absolute atomic E-state index is 0.00282. The zero-order valence-electron chi connectivity index (χ0n) is 9.29. The molecular formula is C14H9BrClFO. The molecule has 2 aromatic carbocycles. The monoisotopic (exact) mass is 326 g/mol. The molecule has 0 heterocycles. The third kappa shape index (κ3) is 3.18. The van der Waals surface area contributed by atoms with Crippen LogP contribution in [-0.2, 0) is 6.42 Å². The van der Waals surface area contributed by atoms with Crippen molar-refractivity contribution in [2.45, 2.75) is 6.42 Å². The summed E-state index contributed by atoms with van der Waals surface area (Å²) in [6.07, 6.45) is 0.00282. The van der Waals surface area contributed by atoms with Crippen LogP contribution in [0.3, 0.4) is 0 Å². The average Bonchev–Trinajstić information content (AvgIpc) is 2.34. The lowest BCUT2D eigenvalue weighted by Gasteiger charge is -2.04. The highest BCUT2D eigenvalue weighted by atomic mass is 79.9. The van der Waals surface area contributed by atoms with Gasteiger partial charge in [0.05, 0.1) is 0 Å². The van der Waals surface area contributed by atoms with Gasteiger partial charge < -0.3 is 0 Å². The van der Waals surface area contributed by atoms with Gasteiger partial charge in [0.15, 0.2) is 5.78 Å². The van der Waals surface area contributed by atoms with E-state index in [4.69, 9.17) is 11.6 Å². The van der Waals surface area contributed by atoms with Crippen molar-refractivity contribution >= 4 is 33.3 Å². The van der Waals surface area contributed by atoms with E-state index in [9.17, 15) is 9.18 Å². The number of carbonyl (C=O) groups excluding carboxylic acids is 1. The molecule has 0 saturated heterocycles. The highest BCUT2D eigenvalue weighted by Gasteiger charge is 2.11. The van der Waals surface area contributed by atoms with Crippen LogP contribution in [-0.4, -0.2) is 5.78 Å². The van der Waals surface area contributed by atoms with Crippen molar-refractivity contribution in [3.63, 3.8) is 0 Å². The number of carbonyl (C=O) groups is 1. The van der Waals surface area contributed by atoms with Crippen LogP contribution in [0.1, 0.15) is 15.9 Å². The van der Waals surface area contributed by atoms with E-state index in [1.165, 1.54) is 18.2 Å². The molecule has 92 valence electrons. The molecule has 0 N–H and O–H groups in total. The van der Waals surface area contributed by atoms with E-state index < -0.39 is 5.82 Å². The van der Waals surface area contributed by atoms with Gasteiger partial charge in [0.1, 0.15) is 5.82 Å². The first-order valence-electron chi connectivity index (χ1n) is 5.29. The zero-order valence-corrected chi connectivity index (χ0v) is 11.6. The molecule has 0 bridgehead atoms. The Balaban J connectivity index is 2.24. The molecule has 0 aromatic heterocycles. The topological polar surface area (TPSA) is 17.1 Å². The minimum atomic E-state index is -0.414. The van der Waals surface area contributed by atoms with Gasteiger partial charge in [-0.2, -0.15) is 0 Å². The average molecular weight is 328 g/mol. The molecule has 4 heteroatoms. The van der Waals surface area contributed by atoms with E-state index in [1.807, 2.05) is 6.07 Å². The molecule has 18 heavy (non-hydrogen) atoms. The second-order valence-corrected chi connectivity index (χ2v) is 5.20. The lowest BCUT2D eigenvalue weighted by atomic mass is 10.0. The van der Waals surface area contributed by atoms with Gasteiger partial charge in [-0.15, -0.1) is 0 Å². The Morgan fingerprint density at radius 2 is 2.00 bits per heavy atom. The van der Waals surface area contributed by atoms with Crippen molar-refractivity contribution in [1.82, 2.24) is 0 Å². The van der Waals surface area contributed by atoms with Crippen molar-refractivity contribution in [3.8, 4) is 0 Å². The Morgan fingerprint density at radius 3 is 2.72 bits per heavy atom. The fourth-order valence-corrected chi connectivity index (χ4v) is 2.21. The van der Waals surface area contributed by atoms with Crippen LogP contribution < -0.4 is 0 Å². The van der Waals surface area contributed by atoms with Crippen molar-refractivity contribution in [3.05, 3.63) is 68.9 Å². The van der Waals surface area contributed by atoms with Crippen LogP contribution in [0.5, 0.6) is 0 Å². The van der Waals surface area contributed by atoms with Crippen LogP contribution in [0.25, 0.3) is 0 Å². The number of Topliss-reactive ketones (excluding diaryl/α,β-unsaturated/α-hetero) is 1. The maximum absolute atomic E-state index is 13.5. The van der Waals surface area contributed by atoms with Gasteiger partial charge >= 0.3 is 0 Å². The fraction of sp³-hybridized carbons (Fsp3) is 0.0714. The Morgan fingerprint density at radius 1 is 1.22 bits per heavy atom. The SMILES string of the molecule is O=C(Cc1cc(Cl)ccc1F)c1cccc(Br)c1. The third-order valence-corrected chi connectivity index (χ3v) is 3.23. The number of rotatable bonds is 3. The summed E-state index contributed by atoms with van der Waals surface area (Å²) in [5.74, 6) is -0.555. The Bertz CT molecular complexity index is 598. The standard InChI is InChI=1S/C14H9BrClFO/c15-11-3-1-2-9(6-11)14(18)8-10-7-12(16)4-5-13(10)17/h1-7H,8H2. The molecule has 0 aliphatic heterocycles. The molecule has 0 amide bonds. The molecule has 2 aromatic rings. The smallest absolute Gasteiger partial charge is 0.167 e. The summed E-state index contributed by atoms with van der Waals surface area (Å²) in [6.45, 7) is 0. The molecule has 0 radical (unpaired) electrons. The lowest BCUT2D eigenvalue weighted by molar-refractivity contribution is 0.0992. The Labute approximate surface area is 118 Å². The first-order valence-corrected chi connectivity index (χ1v) is 6.46. The summed E-state index contributed by atoms with van der Waals surface area (Å²) in [4.78, 5) is 12.0. The lowest BCUT2D eigenvalue weighted by Crippen LogP contribution is -2.05. The number of benzene rings is 2. The van der Waals surface area contributed by atoms with E-state index in [-0.39, 0.29) is 12.2 Å². The van der Waals surface area contributed by atoms with Gasteiger partial charge in [0.2, 0.25) is 0 Å². The van der Waals surface area contributed by atoms with Gasteiger partial charge in [0, 0.05) is 21.5 Å². The summed E-state index contributed by atoms with van der Waals surface area (Å²) in [5, 5.41) is 0.424. The maximum atomic E-state index is 13.5. The van der Waals surface area contributed by atoms with E-state index in [0.29, 0.717) is 16.1 Å². The number of ketones is 1. The Hall–Kier alpha value is -1.19. The molecule has 0 fully saturated rings. The minimum Gasteiger partial charge on any atom is -0.294 e. The molecule has 0 atom stereocenters. The molecular weight excluding hydrogens is 319 g/mol. The Kier molecular flexibility index (Phi) is 4.15. The molecule has 2 rings (SSSR count). The van der Waals surface area contributed by atoms with Gasteiger partial charge in [-0.1, -0.05) is 39.7 Å². The van der Waals surface area contributed by atoms with Gasteiger partial charge in [-0.3, -0.25) is 4.79 Å². The summed E-state index contributed by atoms with van der Waals surface area (Å²) in [5.41, 5.74) is 0.858. The number of hydrogen-bond acceptors (Lipinski definition) is 1. The molecule has 0 unspecified atom stereocenters. The fourth-order valence-electron chi connectivity index (χ4n) is 1.62. The van der Waals surface area contributed by atoms with Crippen LogP contribution in [0.15, 0.2) is 46.9 Å². The predicted octanol–water partition coefficient (Wildman–Crippen LogP) is 4.67. The quantitative estimate of drug-likeness (QED) is 0.749. The van der Waals surface area contributed by atoms with Crippen molar-refractivity contribution < 1.29 is 9.18 Å². The zero-order chi connectivity index (χ0) is 13.1. The van der Waals surface area contributed by atoms with E-state index >= 15 is 0 Å². The number of hydrogen-bond donors (Lipinski definition) is 0. The maximum Gasteiger partial charge on any atom is 0.167 e. The molecule has 1 nitrogen and oxygen atoms in total. The van der Waals surface area contributed by atoms with Crippen LogP contribution in [0, 0.1) is 5.82 Å². The molecule has 0 aliphatic carbocycles. The van der Waals surface area contributed by atoms with Crippen LogP contribution >= 0.6 is 27.5 Å². The van der Waals surface area contributed by atoms with Gasteiger partial charge in [-0.05, 0) is 35.9 Å². The van der Waals surface area contributed by atoms with E-state index in [2.05, 4.69) is 15.9 Å². The van der Waals surface area contributed by atoms with Crippen molar-refractivity contribution in [2.24, 2.45) is 0 Å². The highest BCUT2D eigenvalue weighted by Crippen LogP contribution is 2.18.